The Bertz CT molecular complexity index is 452. The average Bonchev–Trinajstić information content (AvgIpc) is 3.21. The predicted octanol–water partition coefficient (Wildman–Crippen LogP) is 2.40. The molecule has 3 nitrogen and oxygen atoms in total. The van der Waals surface area contributed by atoms with Gasteiger partial charge in [-0.05, 0) is 42.5 Å². The van der Waals surface area contributed by atoms with Gasteiger partial charge in [-0.25, -0.2) is 0 Å². The number of aryl methyl sites for hydroxylation is 1. The average molecular weight is 247 g/mol. The summed E-state index contributed by atoms with van der Waals surface area (Å²) >= 11 is 0. The van der Waals surface area contributed by atoms with E-state index in [4.69, 9.17) is 15.2 Å². The predicted molar refractivity (Wildman–Crippen MR) is 71.4 cm³/mol. The third kappa shape index (κ3) is 1.87. The lowest BCUT2D eigenvalue weighted by Gasteiger charge is -2.20. The smallest absolute Gasteiger partial charge is 0.161 e. The molecule has 3 heteroatoms. The standard InChI is InChI=1S/C15H21NO2/c1-2-11-8-13-14(18-7-3-6-17-13)9-12(11)15(10-16)4-5-15/h8-9H,2-7,10,16H2,1H3. The zero-order valence-corrected chi connectivity index (χ0v) is 11.0. The summed E-state index contributed by atoms with van der Waals surface area (Å²) in [6.07, 6.45) is 4.38. The van der Waals surface area contributed by atoms with Crippen molar-refractivity contribution in [2.45, 2.75) is 38.0 Å². The van der Waals surface area contributed by atoms with Crippen LogP contribution in [0.4, 0.5) is 0 Å². The van der Waals surface area contributed by atoms with Crippen molar-refractivity contribution >= 4 is 0 Å². The molecule has 1 saturated carbocycles. The molecule has 0 amide bonds. The van der Waals surface area contributed by atoms with Crippen LogP contribution >= 0.6 is 0 Å². The highest BCUT2D eigenvalue weighted by molar-refractivity contribution is 5.52. The molecule has 2 N–H and O–H groups in total. The van der Waals surface area contributed by atoms with Gasteiger partial charge in [-0.1, -0.05) is 6.92 Å². The first-order valence-corrected chi connectivity index (χ1v) is 6.92. The summed E-state index contributed by atoms with van der Waals surface area (Å²) in [4.78, 5) is 0. The number of rotatable bonds is 3. The number of fused-ring (bicyclic) bond motifs is 1. The molecule has 0 saturated heterocycles. The van der Waals surface area contributed by atoms with Crippen LogP contribution in [0.2, 0.25) is 0 Å². The number of nitrogens with two attached hydrogens (primary N) is 1. The Kier molecular flexibility index (Phi) is 2.94. The first kappa shape index (κ1) is 11.8. The molecule has 18 heavy (non-hydrogen) atoms. The molecule has 1 fully saturated rings. The third-order valence-electron chi connectivity index (χ3n) is 4.17. The van der Waals surface area contributed by atoms with Crippen LogP contribution in [0.25, 0.3) is 0 Å². The van der Waals surface area contributed by atoms with Gasteiger partial charge in [0, 0.05) is 18.4 Å². The normalized spacial score (nSPS) is 20.3. The summed E-state index contributed by atoms with van der Waals surface area (Å²) in [5.74, 6) is 1.81. The molecule has 0 atom stereocenters. The van der Waals surface area contributed by atoms with Gasteiger partial charge in [0.25, 0.3) is 0 Å². The molecule has 2 aliphatic rings. The van der Waals surface area contributed by atoms with E-state index >= 15 is 0 Å². The number of hydrogen-bond donors (Lipinski definition) is 1. The highest BCUT2D eigenvalue weighted by Crippen LogP contribution is 2.50. The van der Waals surface area contributed by atoms with E-state index in [0.717, 1.165) is 44.1 Å². The summed E-state index contributed by atoms with van der Waals surface area (Å²) in [6.45, 7) is 4.42. The van der Waals surface area contributed by atoms with E-state index in [9.17, 15) is 0 Å². The molecular weight excluding hydrogens is 226 g/mol. The summed E-state index contributed by atoms with van der Waals surface area (Å²) < 4.78 is 11.5. The number of benzene rings is 1. The SMILES string of the molecule is CCc1cc2c(cc1C1(CN)CC1)OCCCO2. The van der Waals surface area contributed by atoms with E-state index in [0.29, 0.717) is 0 Å². The molecule has 0 spiro atoms. The lowest BCUT2D eigenvalue weighted by molar-refractivity contribution is 0.297. The van der Waals surface area contributed by atoms with Crippen molar-refractivity contribution in [2.75, 3.05) is 19.8 Å². The maximum absolute atomic E-state index is 5.96. The van der Waals surface area contributed by atoms with E-state index in [1.54, 1.807) is 0 Å². The van der Waals surface area contributed by atoms with Crippen LogP contribution in [0.1, 0.15) is 37.3 Å². The highest BCUT2D eigenvalue weighted by Gasteiger charge is 2.44. The van der Waals surface area contributed by atoms with Gasteiger partial charge in [0.2, 0.25) is 0 Å². The van der Waals surface area contributed by atoms with Crippen LogP contribution in [-0.2, 0) is 11.8 Å². The zero-order valence-electron chi connectivity index (χ0n) is 11.0. The molecule has 98 valence electrons. The first-order chi connectivity index (χ1) is 8.79. The second kappa shape index (κ2) is 4.47. The van der Waals surface area contributed by atoms with Crippen LogP contribution in [0.3, 0.4) is 0 Å². The fourth-order valence-corrected chi connectivity index (χ4v) is 2.77. The molecule has 0 radical (unpaired) electrons. The first-order valence-electron chi connectivity index (χ1n) is 6.92. The van der Waals surface area contributed by atoms with Crippen molar-refractivity contribution < 1.29 is 9.47 Å². The van der Waals surface area contributed by atoms with E-state index in [1.165, 1.54) is 24.0 Å². The van der Waals surface area contributed by atoms with Crippen LogP contribution in [0, 0.1) is 0 Å². The molecule has 0 unspecified atom stereocenters. The van der Waals surface area contributed by atoms with Crippen molar-refractivity contribution in [2.24, 2.45) is 5.73 Å². The van der Waals surface area contributed by atoms with Crippen molar-refractivity contribution in [3.63, 3.8) is 0 Å². The maximum Gasteiger partial charge on any atom is 0.161 e. The number of hydrogen-bond acceptors (Lipinski definition) is 3. The molecule has 3 rings (SSSR count). The molecule has 1 aromatic rings. The Morgan fingerprint density at radius 3 is 2.39 bits per heavy atom. The fraction of sp³-hybridized carbons (Fsp3) is 0.600. The Labute approximate surface area is 108 Å². The lowest BCUT2D eigenvalue weighted by Crippen LogP contribution is -2.21. The third-order valence-corrected chi connectivity index (χ3v) is 4.17. The second-order valence-corrected chi connectivity index (χ2v) is 5.34. The second-order valence-electron chi connectivity index (χ2n) is 5.34. The van der Waals surface area contributed by atoms with Gasteiger partial charge in [-0.3, -0.25) is 0 Å². The summed E-state index contributed by atoms with van der Waals surface area (Å²) in [5, 5.41) is 0. The molecule has 1 aliphatic carbocycles. The topological polar surface area (TPSA) is 44.5 Å². The van der Waals surface area contributed by atoms with Gasteiger partial charge in [-0.2, -0.15) is 0 Å². The Morgan fingerprint density at radius 2 is 1.83 bits per heavy atom. The van der Waals surface area contributed by atoms with Crippen LogP contribution in [0.15, 0.2) is 12.1 Å². The van der Waals surface area contributed by atoms with Crippen molar-refractivity contribution in [3.05, 3.63) is 23.3 Å². The molecule has 1 aromatic carbocycles. The van der Waals surface area contributed by atoms with Gasteiger partial charge in [0.15, 0.2) is 11.5 Å². The van der Waals surface area contributed by atoms with Crippen LogP contribution < -0.4 is 15.2 Å². The van der Waals surface area contributed by atoms with Gasteiger partial charge in [0.1, 0.15) is 0 Å². The Morgan fingerprint density at radius 1 is 1.17 bits per heavy atom. The summed E-state index contributed by atoms with van der Waals surface area (Å²) in [6, 6.07) is 4.34. The van der Waals surface area contributed by atoms with Crippen LogP contribution in [-0.4, -0.2) is 19.8 Å². The van der Waals surface area contributed by atoms with Gasteiger partial charge in [0.05, 0.1) is 13.2 Å². The molecular formula is C15H21NO2. The molecule has 1 heterocycles. The number of ether oxygens (including phenoxy) is 2. The minimum atomic E-state index is 0.218. The van der Waals surface area contributed by atoms with E-state index < -0.39 is 0 Å². The minimum Gasteiger partial charge on any atom is -0.490 e. The van der Waals surface area contributed by atoms with E-state index in [2.05, 4.69) is 19.1 Å². The zero-order chi connectivity index (χ0) is 12.6. The largest absolute Gasteiger partial charge is 0.490 e. The summed E-state index contributed by atoms with van der Waals surface area (Å²) in [7, 11) is 0. The van der Waals surface area contributed by atoms with Crippen molar-refractivity contribution in [1.29, 1.82) is 0 Å². The molecule has 0 aromatic heterocycles. The fourth-order valence-electron chi connectivity index (χ4n) is 2.77. The maximum atomic E-state index is 5.96. The Balaban J connectivity index is 2.05. The van der Waals surface area contributed by atoms with Crippen molar-refractivity contribution in [1.82, 2.24) is 0 Å². The highest BCUT2D eigenvalue weighted by atomic mass is 16.5. The lowest BCUT2D eigenvalue weighted by atomic mass is 9.89. The van der Waals surface area contributed by atoms with Crippen LogP contribution in [0.5, 0.6) is 11.5 Å². The molecule has 0 bridgehead atoms. The Hall–Kier alpha value is -1.22. The van der Waals surface area contributed by atoms with E-state index in [-0.39, 0.29) is 5.41 Å². The summed E-state index contributed by atoms with van der Waals surface area (Å²) in [5.41, 5.74) is 8.93. The van der Waals surface area contributed by atoms with Crippen molar-refractivity contribution in [3.8, 4) is 11.5 Å². The van der Waals surface area contributed by atoms with Gasteiger partial charge >= 0.3 is 0 Å². The molecule has 1 aliphatic heterocycles. The van der Waals surface area contributed by atoms with Gasteiger partial charge in [-0.15, -0.1) is 0 Å². The van der Waals surface area contributed by atoms with Gasteiger partial charge < -0.3 is 15.2 Å². The van der Waals surface area contributed by atoms with E-state index in [1.807, 2.05) is 0 Å². The monoisotopic (exact) mass is 247 g/mol. The minimum absolute atomic E-state index is 0.218. The quantitative estimate of drug-likeness (QED) is 0.892.